The van der Waals surface area contributed by atoms with E-state index in [0.717, 1.165) is 48.8 Å². The van der Waals surface area contributed by atoms with Crippen LogP contribution < -0.4 is 21.3 Å². The van der Waals surface area contributed by atoms with Crippen molar-refractivity contribution in [1.82, 2.24) is 15.1 Å². The van der Waals surface area contributed by atoms with Crippen molar-refractivity contribution in [3.63, 3.8) is 0 Å². The Balaban J connectivity index is 1.05. The monoisotopic (exact) mass is 570 g/mol. The van der Waals surface area contributed by atoms with E-state index in [0.29, 0.717) is 23.6 Å². The van der Waals surface area contributed by atoms with Crippen molar-refractivity contribution in [2.24, 2.45) is 0 Å². The number of piperidine rings is 1. The second-order valence-corrected chi connectivity index (χ2v) is 10.8. The van der Waals surface area contributed by atoms with E-state index in [2.05, 4.69) is 27.7 Å². The van der Waals surface area contributed by atoms with Gasteiger partial charge in [-0.1, -0.05) is 30.3 Å². The number of nitrogens with two attached hydrogens (primary N) is 1. The lowest BCUT2D eigenvalue weighted by molar-refractivity contribution is -0.136. The largest absolute Gasteiger partial charge is 0.399 e. The predicted octanol–water partition coefficient (Wildman–Crippen LogP) is 2.74. The Bertz CT molecular complexity index is 1570. The Morgan fingerprint density at radius 3 is 2.36 bits per heavy atom. The molecule has 216 valence electrons. The maximum atomic E-state index is 14.3. The molecule has 0 aromatic heterocycles. The van der Waals surface area contributed by atoms with E-state index in [4.69, 9.17) is 5.73 Å². The summed E-state index contributed by atoms with van der Waals surface area (Å²) in [4.78, 5) is 55.6. The number of hydrogen-bond acceptors (Lipinski definition) is 8. The highest BCUT2D eigenvalue weighted by Gasteiger charge is 2.45. The third kappa shape index (κ3) is 5.30. The molecule has 0 saturated carbocycles. The second kappa shape index (κ2) is 11.2. The number of nitrogens with zero attached hydrogens (tertiary/aromatic N) is 3. The summed E-state index contributed by atoms with van der Waals surface area (Å²) in [7, 11) is 0. The molecule has 11 heteroatoms. The van der Waals surface area contributed by atoms with Crippen LogP contribution in [-0.2, 0) is 22.7 Å². The molecule has 0 aliphatic carbocycles. The molecule has 0 radical (unpaired) electrons. The zero-order chi connectivity index (χ0) is 29.4. The summed E-state index contributed by atoms with van der Waals surface area (Å²) in [6, 6.07) is 17.0. The lowest BCUT2D eigenvalue weighted by Gasteiger charge is -2.36. The van der Waals surface area contributed by atoms with Gasteiger partial charge in [0, 0.05) is 57.1 Å². The van der Waals surface area contributed by atoms with E-state index in [1.807, 2.05) is 17.0 Å². The zero-order valence-electron chi connectivity index (χ0n) is 22.9. The summed E-state index contributed by atoms with van der Waals surface area (Å²) in [6.45, 7) is 4.30. The number of carbonyl (C=O) groups is 4. The van der Waals surface area contributed by atoms with Crippen LogP contribution in [0.4, 0.5) is 21.5 Å². The van der Waals surface area contributed by atoms with E-state index < -0.39 is 29.7 Å². The fraction of sp³-hybridized carbons (Fsp3) is 0.290. The van der Waals surface area contributed by atoms with Crippen molar-refractivity contribution in [1.29, 1.82) is 0 Å². The van der Waals surface area contributed by atoms with Crippen molar-refractivity contribution < 1.29 is 23.6 Å². The first-order valence-electron chi connectivity index (χ1n) is 14.0. The maximum Gasteiger partial charge on any atom is 0.264 e. The average Bonchev–Trinajstić information content (AvgIpc) is 3.23. The Morgan fingerprint density at radius 1 is 0.905 bits per heavy atom. The summed E-state index contributed by atoms with van der Waals surface area (Å²) < 4.78 is 14.3. The highest BCUT2D eigenvalue weighted by molar-refractivity contribution is 6.25. The third-order valence-corrected chi connectivity index (χ3v) is 8.06. The van der Waals surface area contributed by atoms with Crippen LogP contribution in [0.3, 0.4) is 0 Å². The summed E-state index contributed by atoms with van der Waals surface area (Å²) in [6.07, 6.45) is 0.187. The first-order valence-corrected chi connectivity index (χ1v) is 14.0. The van der Waals surface area contributed by atoms with Gasteiger partial charge in [-0.2, -0.15) is 0 Å². The molecule has 1 atom stereocenters. The average molecular weight is 571 g/mol. The lowest BCUT2D eigenvalue weighted by atomic mass is 10.0. The van der Waals surface area contributed by atoms with Crippen LogP contribution >= 0.6 is 0 Å². The Labute approximate surface area is 242 Å². The highest BCUT2D eigenvalue weighted by Crippen LogP contribution is 2.32. The number of rotatable bonds is 7. The van der Waals surface area contributed by atoms with E-state index in [1.165, 1.54) is 6.07 Å². The normalized spacial score (nSPS) is 19.2. The van der Waals surface area contributed by atoms with Gasteiger partial charge >= 0.3 is 0 Å². The van der Waals surface area contributed by atoms with Crippen molar-refractivity contribution in [2.75, 3.05) is 42.1 Å². The van der Waals surface area contributed by atoms with Crippen LogP contribution in [0.2, 0.25) is 0 Å². The molecule has 2 fully saturated rings. The van der Waals surface area contributed by atoms with Crippen LogP contribution in [0.25, 0.3) is 0 Å². The number of nitrogens with one attached hydrogen (secondary N) is 2. The zero-order valence-corrected chi connectivity index (χ0v) is 22.9. The van der Waals surface area contributed by atoms with Gasteiger partial charge in [0.25, 0.3) is 11.8 Å². The summed E-state index contributed by atoms with van der Waals surface area (Å²) in [5, 5.41) is 5.49. The molecule has 3 aliphatic heterocycles. The second-order valence-electron chi connectivity index (χ2n) is 10.8. The van der Waals surface area contributed by atoms with Crippen molar-refractivity contribution in [3.05, 3.63) is 88.7 Å². The molecule has 4 N–H and O–H groups in total. The molecule has 2 saturated heterocycles. The van der Waals surface area contributed by atoms with Crippen LogP contribution in [0.15, 0.2) is 60.7 Å². The fourth-order valence-electron chi connectivity index (χ4n) is 5.81. The molecule has 3 aromatic rings. The fourth-order valence-corrected chi connectivity index (χ4v) is 5.81. The minimum Gasteiger partial charge on any atom is -0.399 e. The van der Waals surface area contributed by atoms with Crippen LogP contribution in [0, 0.1) is 5.82 Å². The molecule has 10 nitrogen and oxygen atoms in total. The number of hydrogen-bond donors (Lipinski definition) is 3. The summed E-state index contributed by atoms with van der Waals surface area (Å²) in [5.74, 6) is -2.40. The number of nitrogen functional groups attached to an aromatic ring is 1. The van der Waals surface area contributed by atoms with E-state index >= 15 is 0 Å². The minimum absolute atomic E-state index is 0.0741. The third-order valence-electron chi connectivity index (χ3n) is 8.06. The van der Waals surface area contributed by atoms with Gasteiger partial charge in [-0.3, -0.25) is 34.3 Å². The standard InChI is InChI=1S/C31H31FN6O4/c32-23-16-21(33)8-9-25(23)37-14-12-36(13-15-37)18-20-6-4-19(5-7-20)17-34-24-3-1-2-22-28(24)31(42)38(30(22)41)26-10-11-27(39)35-29(26)40/h1-9,16,26,34H,10-15,17-18,33H2,(H,35,39,40). The van der Waals surface area contributed by atoms with Crippen LogP contribution in [-0.4, -0.2) is 65.6 Å². The first-order chi connectivity index (χ1) is 20.3. The highest BCUT2D eigenvalue weighted by atomic mass is 19.1. The van der Waals surface area contributed by atoms with E-state index in [-0.39, 0.29) is 29.8 Å². The molecule has 42 heavy (non-hydrogen) atoms. The number of halogens is 1. The molecular formula is C31H31FN6O4. The molecule has 3 aliphatic rings. The molecule has 6 rings (SSSR count). The van der Waals surface area contributed by atoms with Gasteiger partial charge in [0.1, 0.15) is 11.9 Å². The molecule has 4 amide bonds. The van der Waals surface area contributed by atoms with Crippen molar-refractivity contribution in [2.45, 2.75) is 32.0 Å². The number of benzene rings is 3. The van der Waals surface area contributed by atoms with Crippen molar-refractivity contribution >= 4 is 40.7 Å². The van der Waals surface area contributed by atoms with Crippen LogP contribution in [0.5, 0.6) is 0 Å². The van der Waals surface area contributed by atoms with Crippen LogP contribution in [0.1, 0.15) is 44.7 Å². The Morgan fingerprint density at radius 2 is 1.64 bits per heavy atom. The number of carbonyl (C=O) groups excluding carboxylic acids is 4. The molecule has 0 bridgehead atoms. The SMILES string of the molecule is Nc1ccc(N2CCN(Cc3ccc(CNc4cccc5c4C(=O)N(C4CCC(=O)NC4=O)C5=O)cc3)CC2)c(F)c1. The quantitative estimate of drug-likeness (QED) is 0.292. The van der Waals surface area contributed by atoms with Gasteiger partial charge < -0.3 is 16.0 Å². The number of amides is 4. The molecule has 0 spiro atoms. The van der Waals surface area contributed by atoms with Gasteiger partial charge in [-0.05, 0) is 47.9 Å². The van der Waals surface area contributed by atoms with Gasteiger partial charge in [-0.25, -0.2) is 4.39 Å². The Kier molecular flexibility index (Phi) is 7.34. The first kappa shape index (κ1) is 27.4. The summed E-state index contributed by atoms with van der Waals surface area (Å²) in [5.41, 5.74) is 9.83. The summed E-state index contributed by atoms with van der Waals surface area (Å²) >= 11 is 0. The molecular weight excluding hydrogens is 539 g/mol. The smallest absolute Gasteiger partial charge is 0.264 e. The maximum absolute atomic E-state index is 14.3. The van der Waals surface area contributed by atoms with Gasteiger partial charge in [0.2, 0.25) is 11.8 Å². The van der Waals surface area contributed by atoms with Gasteiger partial charge in [0.15, 0.2) is 0 Å². The number of anilines is 3. The van der Waals surface area contributed by atoms with Gasteiger partial charge in [0.05, 0.1) is 16.8 Å². The Hall–Kier alpha value is -4.77. The van der Waals surface area contributed by atoms with Gasteiger partial charge in [-0.15, -0.1) is 0 Å². The van der Waals surface area contributed by atoms with Crippen molar-refractivity contribution in [3.8, 4) is 0 Å². The molecule has 1 unspecified atom stereocenters. The lowest BCUT2D eigenvalue weighted by Crippen LogP contribution is -2.54. The topological polar surface area (TPSA) is 128 Å². The van der Waals surface area contributed by atoms with E-state index in [9.17, 15) is 23.6 Å². The minimum atomic E-state index is -1.00. The predicted molar refractivity (Wildman–Crippen MR) is 155 cm³/mol. The number of imide groups is 2. The number of piperazine rings is 1. The molecule has 3 heterocycles. The number of fused-ring (bicyclic) bond motifs is 1. The van der Waals surface area contributed by atoms with E-state index in [1.54, 1.807) is 30.3 Å². The molecule has 3 aromatic carbocycles.